The molecule has 1 aliphatic heterocycles. The van der Waals surface area contributed by atoms with Crippen LogP contribution in [0.5, 0.6) is 0 Å². The molecule has 1 unspecified atom stereocenters. The third kappa shape index (κ3) is 2.48. The molecule has 1 aromatic rings. The molecule has 0 radical (unpaired) electrons. The SMILES string of the molecule is CC(=O)CN1CCCCC1n1cccc1. The van der Waals surface area contributed by atoms with E-state index >= 15 is 0 Å². The van der Waals surface area contributed by atoms with E-state index in [0.29, 0.717) is 12.7 Å². The molecule has 1 aliphatic rings. The van der Waals surface area contributed by atoms with Crippen LogP contribution in [0.25, 0.3) is 0 Å². The number of nitrogens with zero attached hydrogens (tertiary/aromatic N) is 2. The van der Waals surface area contributed by atoms with Gasteiger partial charge in [-0.1, -0.05) is 0 Å². The van der Waals surface area contributed by atoms with Crippen molar-refractivity contribution in [1.29, 1.82) is 0 Å². The van der Waals surface area contributed by atoms with E-state index in [0.717, 1.165) is 13.0 Å². The standard InChI is InChI=1S/C12H18N2O/c1-11(15)10-14-9-3-2-6-12(14)13-7-4-5-8-13/h4-5,7-8,12H,2-3,6,9-10H2,1H3. The highest BCUT2D eigenvalue weighted by atomic mass is 16.1. The molecule has 2 heterocycles. The average molecular weight is 206 g/mol. The highest BCUT2D eigenvalue weighted by molar-refractivity contribution is 5.77. The van der Waals surface area contributed by atoms with E-state index in [1.807, 2.05) is 12.1 Å². The number of likely N-dealkylation sites (tertiary alicyclic amines) is 1. The zero-order valence-electron chi connectivity index (χ0n) is 9.22. The summed E-state index contributed by atoms with van der Waals surface area (Å²) in [7, 11) is 0. The summed E-state index contributed by atoms with van der Waals surface area (Å²) in [6.07, 6.45) is 8.19. The lowest BCUT2D eigenvalue weighted by molar-refractivity contribution is -0.119. The number of Topliss-reactive ketones (excluding diaryl/α,β-unsaturated/α-hetero) is 1. The third-order valence-electron chi connectivity index (χ3n) is 2.98. The molecule has 1 atom stereocenters. The lowest BCUT2D eigenvalue weighted by atomic mass is 10.1. The van der Waals surface area contributed by atoms with Crippen molar-refractivity contribution in [2.45, 2.75) is 32.4 Å². The number of aromatic nitrogens is 1. The van der Waals surface area contributed by atoms with Crippen molar-refractivity contribution in [3.63, 3.8) is 0 Å². The largest absolute Gasteiger partial charge is 0.338 e. The van der Waals surface area contributed by atoms with Gasteiger partial charge in [-0.15, -0.1) is 0 Å². The van der Waals surface area contributed by atoms with Crippen LogP contribution in [0.4, 0.5) is 0 Å². The summed E-state index contributed by atoms with van der Waals surface area (Å²) in [5.74, 6) is 0.258. The molecule has 1 aromatic heterocycles. The van der Waals surface area contributed by atoms with E-state index in [2.05, 4.69) is 21.9 Å². The van der Waals surface area contributed by atoms with Crippen molar-refractivity contribution in [3.05, 3.63) is 24.5 Å². The Morgan fingerprint density at radius 1 is 1.33 bits per heavy atom. The van der Waals surface area contributed by atoms with Gasteiger partial charge in [-0.05, 0) is 38.3 Å². The maximum Gasteiger partial charge on any atom is 0.143 e. The van der Waals surface area contributed by atoms with Crippen molar-refractivity contribution < 1.29 is 4.79 Å². The van der Waals surface area contributed by atoms with Crippen LogP contribution in [-0.4, -0.2) is 28.3 Å². The highest BCUT2D eigenvalue weighted by Crippen LogP contribution is 2.25. The Labute approximate surface area is 90.7 Å². The molecule has 0 amide bonds. The zero-order valence-corrected chi connectivity index (χ0v) is 9.22. The maximum atomic E-state index is 11.2. The minimum Gasteiger partial charge on any atom is -0.338 e. The zero-order chi connectivity index (χ0) is 10.7. The first-order valence-electron chi connectivity index (χ1n) is 5.63. The number of rotatable bonds is 3. The van der Waals surface area contributed by atoms with Crippen LogP contribution in [0.2, 0.25) is 0 Å². The van der Waals surface area contributed by atoms with Gasteiger partial charge in [-0.2, -0.15) is 0 Å². The predicted octanol–water partition coefficient (Wildman–Crippen LogP) is 2.06. The van der Waals surface area contributed by atoms with E-state index in [1.54, 1.807) is 6.92 Å². The Morgan fingerprint density at radius 2 is 2.07 bits per heavy atom. The Balaban J connectivity index is 2.09. The summed E-state index contributed by atoms with van der Waals surface area (Å²) in [6, 6.07) is 4.08. The predicted molar refractivity (Wildman–Crippen MR) is 59.6 cm³/mol. The van der Waals surface area contributed by atoms with Crippen molar-refractivity contribution >= 4 is 5.78 Å². The summed E-state index contributed by atoms with van der Waals surface area (Å²) in [5.41, 5.74) is 0. The number of carbonyl (C=O) groups excluding carboxylic acids is 1. The fourth-order valence-electron chi connectivity index (χ4n) is 2.33. The Kier molecular flexibility index (Phi) is 3.21. The Bertz CT molecular complexity index is 318. The first-order chi connectivity index (χ1) is 7.27. The second-order valence-electron chi connectivity index (χ2n) is 4.28. The molecule has 3 nitrogen and oxygen atoms in total. The van der Waals surface area contributed by atoms with Crippen molar-refractivity contribution in [1.82, 2.24) is 9.47 Å². The first-order valence-corrected chi connectivity index (χ1v) is 5.63. The smallest absolute Gasteiger partial charge is 0.143 e. The molecule has 0 N–H and O–H groups in total. The second kappa shape index (κ2) is 4.62. The number of hydrogen-bond acceptors (Lipinski definition) is 2. The third-order valence-corrected chi connectivity index (χ3v) is 2.98. The molecule has 15 heavy (non-hydrogen) atoms. The van der Waals surface area contributed by atoms with Gasteiger partial charge in [0.05, 0.1) is 12.7 Å². The van der Waals surface area contributed by atoms with Gasteiger partial charge in [-0.25, -0.2) is 0 Å². The normalized spacial score (nSPS) is 22.9. The molecule has 0 aliphatic carbocycles. The van der Waals surface area contributed by atoms with Gasteiger partial charge >= 0.3 is 0 Å². The molecule has 0 spiro atoms. The molecular formula is C12H18N2O. The number of carbonyl (C=O) groups is 1. The Morgan fingerprint density at radius 3 is 2.73 bits per heavy atom. The van der Waals surface area contributed by atoms with Gasteiger partial charge in [0.1, 0.15) is 5.78 Å². The molecule has 0 aromatic carbocycles. The van der Waals surface area contributed by atoms with E-state index < -0.39 is 0 Å². The van der Waals surface area contributed by atoms with Gasteiger partial charge in [0.2, 0.25) is 0 Å². The average Bonchev–Trinajstić information content (AvgIpc) is 2.70. The van der Waals surface area contributed by atoms with Crippen LogP contribution < -0.4 is 0 Å². The van der Waals surface area contributed by atoms with E-state index in [9.17, 15) is 4.79 Å². The minimum atomic E-state index is 0.258. The van der Waals surface area contributed by atoms with Crippen LogP contribution in [0.1, 0.15) is 32.4 Å². The van der Waals surface area contributed by atoms with Gasteiger partial charge in [0.25, 0.3) is 0 Å². The molecule has 2 rings (SSSR count). The van der Waals surface area contributed by atoms with Gasteiger partial charge in [-0.3, -0.25) is 9.69 Å². The van der Waals surface area contributed by atoms with Gasteiger partial charge in [0, 0.05) is 18.9 Å². The fourth-order valence-corrected chi connectivity index (χ4v) is 2.33. The Hall–Kier alpha value is -1.09. The summed E-state index contributed by atoms with van der Waals surface area (Å²) < 4.78 is 2.21. The lowest BCUT2D eigenvalue weighted by Crippen LogP contribution is -2.39. The van der Waals surface area contributed by atoms with Crippen LogP contribution in [-0.2, 0) is 4.79 Å². The van der Waals surface area contributed by atoms with E-state index in [-0.39, 0.29) is 5.78 Å². The maximum absolute atomic E-state index is 11.2. The van der Waals surface area contributed by atoms with Crippen molar-refractivity contribution in [2.24, 2.45) is 0 Å². The second-order valence-corrected chi connectivity index (χ2v) is 4.28. The quantitative estimate of drug-likeness (QED) is 0.756. The lowest BCUT2D eigenvalue weighted by Gasteiger charge is -2.35. The van der Waals surface area contributed by atoms with Crippen LogP contribution in [0, 0.1) is 0 Å². The number of hydrogen-bond donors (Lipinski definition) is 0. The summed E-state index contributed by atoms with van der Waals surface area (Å²) in [4.78, 5) is 13.5. The monoisotopic (exact) mass is 206 g/mol. The first kappa shape index (κ1) is 10.4. The molecular weight excluding hydrogens is 188 g/mol. The molecule has 0 bridgehead atoms. The summed E-state index contributed by atoms with van der Waals surface area (Å²) >= 11 is 0. The summed E-state index contributed by atoms with van der Waals surface area (Å²) in [5, 5.41) is 0. The van der Waals surface area contributed by atoms with Crippen LogP contribution in [0.15, 0.2) is 24.5 Å². The molecule has 82 valence electrons. The summed E-state index contributed by atoms with van der Waals surface area (Å²) in [6.45, 7) is 3.30. The van der Waals surface area contributed by atoms with Gasteiger partial charge < -0.3 is 4.57 Å². The van der Waals surface area contributed by atoms with Crippen LogP contribution >= 0.6 is 0 Å². The highest BCUT2D eigenvalue weighted by Gasteiger charge is 2.23. The molecule has 0 saturated carbocycles. The van der Waals surface area contributed by atoms with Crippen LogP contribution in [0.3, 0.4) is 0 Å². The van der Waals surface area contributed by atoms with Crippen molar-refractivity contribution in [2.75, 3.05) is 13.1 Å². The number of ketones is 1. The minimum absolute atomic E-state index is 0.258. The topological polar surface area (TPSA) is 25.2 Å². The molecule has 1 saturated heterocycles. The fraction of sp³-hybridized carbons (Fsp3) is 0.583. The number of piperidine rings is 1. The molecule has 3 heteroatoms. The van der Waals surface area contributed by atoms with Gasteiger partial charge in [0.15, 0.2) is 0 Å². The van der Waals surface area contributed by atoms with Crippen molar-refractivity contribution in [3.8, 4) is 0 Å². The van der Waals surface area contributed by atoms with E-state index in [4.69, 9.17) is 0 Å². The molecule has 1 fully saturated rings. The van der Waals surface area contributed by atoms with E-state index in [1.165, 1.54) is 12.8 Å².